The fourth-order valence-electron chi connectivity index (χ4n) is 3.50. The monoisotopic (exact) mass is 373 g/mol. The van der Waals surface area contributed by atoms with Gasteiger partial charge in [-0.3, -0.25) is 14.6 Å². The second-order valence-corrected chi connectivity index (χ2v) is 6.81. The average Bonchev–Trinajstić information content (AvgIpc) is 3.16. The molecule has 1 fully saturated rings. The molecule has 1 aromatic carbocycles. The van der Waals surface area contributed by atoms with Crippen molar-refractivity contribution in [1.82, 2.24) is 9.80 Å². The molecule has 0 radical (unpaired) electrons. The molecule has 1 aliphatic heterocycles. The summed E-state index contributed by atoms with van der Waals surface area (Å²) in [5, 5.41) is 9.47. The van der Waals surface area contributed by atoms with Crippen LogP contribution in [0.3, 0.4) is 0 Å². The van der Waals surface area contributed by atoms with Crippen LogP contribution in [0, 0.1) is 0 Å². The van der Waals surface area contributed by atoms with E-state index in [0.717, 1.165) is 50.5 Å². The number of aliphatic hydroxyl groups excluding tert-OH is 1. The molecule has 2 aromatic rings. The van der Waals surface area contributed by atoms with Crippen molar-refractivity contribution in [2.24, 2.45) is 5.73 Å². The molecule has 1 aromatic heterocycles. The first kappa shape index (κ1) is 19.4. The average molecular weight is 373 g/mol. The molecule has 3 N–H and O–H groups in total. The SMILES string of the molecule is NC(=O)COc1ccccc1CN1CCN(Cc2ccco2)[C@@H](CCO)C1. The van der Waals surface area contributed by atoms with Crippen molar-refractivity contribution < 1.29 is 19.1 Å². The Morgan fingerprint density at radius 2 is 2.07 bits per heavy atom. The first-order chi connectivity index (χ1) is 13.2. The highest BCUT2D eigenvalue weighted by Gasteiger charge is 2.27. The van der Waals surface area contributed by atoms with Crippen molar-refractivity contribution in [3.05, 3.63) is 54.0 Å². The van der Waals surface area contributed by atoms with Crippen LogP contribution in [0.2, 0.25) is 0 Å². The van der Waals surface area contributed by atoms with E-state index >= 15 is 0 Å². The number of carbonyl (C=O) groups is 1. The molecule has 0 saturated carbocycles. The smallest absolute Gasteiger partial charge is 0.255 e. The molecule has 0 bridgehead atoms. The van der Waals surface area contributed by atoms with E-state index in [9.17, 15) is 9.90 Å². The topological polar surface area (TPSA) is 92.2 Å². The van der Waals surface area contributed by atoms with Crippen molar-refractivity contribution in [1.29, 1.82) is 0 Å². The number of furan rings is 1. The fraction of sp³-hybridized carbons (Fsp3) is 0.450. The van der Waals surface area contributed by atoms with E-state index in [0.29, 0.717) is 5.75 Å². The third kappa shape index (κ3) is 5.56. The molecule has 2 heterocycles. The maximum atomic E-state index is 11.0. The van der Waals surface area contributed by atoms with Crippen LogP contribution in [0.5, 0.6) is 5.75 Å². The molecule has 1 amide bonds. The maximum absolute atomic E-state index is 11.0. The summed E-state index contributed by atoms with van der Waals surface area (Å²) in [7, 11) is 0. The number of nitrogens with zero attached hydrogens (tertiary/aromatic N) is 2. The zero-order valence-electron chi connectivity index (χ0n) is 15.4. The van der Waals surface area contributed by atoms with Crippen molar-refractivity contribution in [3.63, 3.8) is 0 Å². The summed E-state index contributed by atoms with van der Waals surface area (Å²) in [4.78, 5) is 15.7. The molecule has 3 rings (SSSR count). The van der Waals surface area contributed by atoms with Crippen molar-refractivity contribution in [3.8, 4) is 5.75 Å². The van der Waals surface area contributed by atoms with Gasteiger partial charge in [0.25, 0.3) is 5.91 Å². The molecule has 1 atom stereocenters. The zero-order valence-corrected chi connectivity index (χ0v) is 15.4. The van der Waals surface area contributed by atoms with Crippen LogP contribution in [-0.4, -0.2) is 59.7 Å². The Hall–Kier alpha value is -2.35. The first-order valence-corrected chi connectivity index (χ1v) is 9.24. The lowest BCUT2D eigenvalue weighted by atomic mass is 10.1. The molecular weight excluding hydrogens is 346 g/mol. The minimum Gasteiger partial charge on any atom is -0.483 e. The molecule has 1 aliphatic rings. The van der Waals surface area contributed by atoms with E-state index in [1.54, 1.807) is 6.26 Å². The number of nitrogens with two attached hydrogens (primary N) is 1. The van der Waals surface area contributed by atoms with Gasteiger partial charge in [-0.15, -0.1) is 0 Å². The number of rotatable bonds is 9. The molecule has 0 aliphatic carbocycles. The number of ether oxygens (including phenoxy) is 1. The van der Waals surface area contributed by atoms with E-state index in [2.05, 4.69) is 9.80 Å². The van der Waals surface area contributed by atoms with Gasteiger partial charge in [0.1, 0.15) is 11.5 Å². The highest BCUT2D eigenvalue weighted by molar-refractivity contribution is 5.75. The van der Waals surface area contributed by atoms with Crippen LogP contribution in [-0.2, 0) is 17.9 Å². The third-order valence-electron chi connectivity index (χ3n) is 4.83. The molecule has 7 heteroatoms. The number of para-hydroxylation sites is 1. The Morgan fingerprint density at radius 3 is 2.81 bits per heavy atom. The number of hydrogen-bond acceptors (Lipinski definition) is 6. The highest BCUT2D eigenvalue weighted by atomic mass is 16.5. The number of piperazine rings is 1. The van der Waals surface area contributed by atoms with E-state index in [1.807, 2.05) is 36.4 Å². The summed E-state index contributed by atoms with van der Waals surface area (Å²) >= 11 is 0. The molecular formula is C20H27N3O4. The van der Waals surface area contributed by atoms with Crippen LogP contribution in [0.15, 0.2) is 47.1 Å². The Morgan fingerprint density at radius 1 is 1.22 bits per heavy atom. The van der Waals surface area contributed by atoms with E-state index in [-0.39, 0.29) is 19.3 Å². The number of aliphatic hydroxyl groups is 1. The third-order valence-corrected chi connectivity index (χ3v) is 4.83. The Kier molecular flexibility index (Phi) is 6.86. The summed E-state index contributed by atoms with van der Waals surface area (Å²) < 4.78 is 11.0. The number of benzene rings is 1. The van der Waals surface area contributed by atoms with Gasteiger partial charge in [-0.1, -0.05) is 18.2 Å². The van der Waals surface area contributed by atoms with Gasteiger partial charge in [-0.05, 0) is 24.6 Å². The lowest BCUT2D eigenvalue weighted by molar-refractivity contribution is -0.119. The second-order valence-electron chi connectivity index (χ2n) is 6.81. The predicted molar refractivity (Wildman–Crippen MR) is 101 cm³/mol. The Balaban J connectivity index is 1.62. The number of amides is 1. The minimum atomic E-state index is -0.487. The standard InChI is InChI=1S/C20H27N3O4/c21-20(25)15-27-19-6-2-1-4-16(19)12-22-8-9-23(17(13-22)7-10-24)14-18-5-3-11-26-18/h1-6,11,17,24H,7-10,12-15H2,(H2,21,25)/t17-/m0/s1. The van der Waals surface area contributed by atoms with Crippen LogP contribution < -0.4 is 10.5 Å². The van der Waals surface area contributed by atoms with Gasteiger partial charge in [0.05, 0.1) is 12.8 Å². The van der Waals surface area contributed by atoms with Crippen LogP contribution >= 0.6 is 0 Å². The highest BCUT2D eigenvalue weighted by Crippen LogP contribution is 2.23. The quantitative estimate of drug-likeness (QED) is 0.687. The summed E-state index contributed by atoms with van der Waals surface area (Å²) in [5.41, 5.74) is 6.21. The molecule has 0 unspecified atom stereocenters. The maximum Gasteiger partial charge on any atom is 0.255 e. The molecule has 27 heavy (non-hydrogen) atoms. The lowest BCUT2D eigenvalue weighted by Gasteiger charge is -2.41. The number of primary amides is 1. The van der Waals surface area contributed by atoms with Crippen LogP contribution in [0.25, 0.3) is 0 Å². The molecule has 146 valence electrons. The van der Waals surface area contributed by atoms with Gasteiger partial charge in [-0.2, -0.15) is 0 Å². The summed E-state index contributed by atoms with van der Waals surface area (Å²) in [6.07, 6.45) is 2.41. The summed E-state index contributed by atoms with van der Waals surface area (Å²) in [6, 6.07) is 11.8. The van der Waals surface area contributed by atoms with Crippen molar-refractivity contribution >= 4 is 5.91 Å². The summed E-state index contributed by atoms with van der Waals surface area (Å²) in [6.45, 7) is 4.18. The van der Waals surface area contributed by atoms with Crippen LogP contribution in [0.4, 0.5) is 0 Å². The van der Waals surface area contributed by atoms with Gasteiger partial charge in [0.15, 0.2) is 6.61 Å². The van der Waals surface area contributed by atoms with Crippen LogP contribution in [0.1, 0.15) is 17.7 Å². The van der Waals surface area contributed by atoms with Crippen molar-refractivity contribution in [2.75, 3.05) is 32.8 Å². The van der Waals surface area contributed by atoms with Gasteiger partial charge < -0.3 is 20.0 Å². The number of carbonyl (C=O) groups excluding carboxylic acids is 1. The van der Waals surface area contributed by atoms with E-state index in [1.165, 1.54) is 0 Å². The largest absolute Gasteiger partial charge is 0.483 e. The van der Waals surface area contributed by atoms with Gasteiger partial charge >= 0.3 is 0 Å². The van der Waals surface area contributed by atoms with Gasteiger partial charge in [0.2, 0.25) is 0 Å². The normalized spacial score (nSPS) is 18.5. The molecule has 1 saturated heterocycles. The predicted octanol–water partition coefficient (Wildman–Crippen LogP) is 1.21. The van der Waals surface area contributed by atoms with Gasteiger partial charge in [0, 0.05) is 44.4 Å². The van der Waals surface area contributed by atoms with Gasteiger partial charge in [-0.25, -0.2) is 0 Å². The molecule has 0 spiro atoms. The Labute approximate surface area is 159 Å². The van der Waals surface area contributed by atoms with E-state index in [4.69, 9.17) is 14.9 Å². The first-order valence-electron chi connectivity index (χ1n) is 9.24. The Bertz CT molecular complexity index is 720. The molecule has 7 nitrogen and oxygen atoms in total. The number of hydrogen-bond donors (Lipinski definition) is 2. The van der Waals surface area contributed by atoms with E-state index < -0.39 is 5.91 Å². The minimum absolute atomic E-state index is 0.124. The second kappa shape index (κ2) is 9.55. The zero-order chi connectivity index (χ0) is 19.1. The lowest BCUT2D eigenvalue weighted by Crippen LogP contribution is -2.52. The summed E-state index contributed by atoms with van der Waals surface area (Å²) in [5.74, 6) is 1.14. The fourth-order valence-corrected chi connectivity index (χ4v) is 3.50. The van der Waals surface area contributed by atoms with Crippen molar-refractivity contribution in [2.45, 2.75) is 25.6 Å².